The van der Waals surface area contributed by atoms with E-state index in [-0.39, 0.29) is 11.3 Å². The second-order valence-corrected chi connectivity index (χ2v) is 5.67. The predicted octanol–water partition coefficient (Wildman–Crippen LogP) is 2.00. The summed E-state index contributed by atoms with van der Waals surface area (Å²) in [6.07, 6.45) is 3.22. The summed E-state index contributed by atoms with van der Waals surface area (Å²) in [6.45, 7) is 1.90. The van der Waals surface area contributed by atoms with Gasteiger partial charge in [0.05, 0.1) is 11.1 Å². The number of aromatic nitrogens is 1. The summed E-state index contributed by atoms with van der Waals surface area (Å²) < 4.78 is 6.20. The number of amides is 1. The van der Waals surface area contributed by atoms with Crippen molar-refractivity contribution >= 4 is 33.3 Å². The van der Waals surface area contributed by atoms with Gasteiger partial charge in [0, 0.05) is 30.4 Å². The number of pyridine rings is 1. The summed E-state index contributed by atoms with van der Waals surface area (Å²) in [5, 5.41) is 6.25. The van der Waals surface area contributed by atoms with Crippen molar-refractivity contribution in [2.75, 3.05) is 30.4 Å². The standard InChI is InChI=1S/C12H14BrN3O2/c13-8-5-9-10(14-6-8)15-7-12(11(17)16-9)1-3-18-4-2-12/h5-6H,1-4,7H2,(H,14,15)(H,16,17). The second kappa shape index (κ2) is 4.51. The zero-order valence-corrected chi connectivity index (χ0v) is 11.4. The maximum atomic E-state index is 12.4. The van der Waals surface area contributed by atoms with Gasteiger partial charge >= 0.3 is 0 Å². The van der Waals surface area contributed by atoms with Crippen LogP contribution < -0.4 is 10.6 Å². The molecule has 1 fully saturated rings. The first-order valence-corrected chi connectivity index (χ1v) is 6.78. The monoisotopic (exact) mass is 311 g/mol. The SMILES string of the molecule is O=C1Nc2cc(Br)cnc2NCC12CCOCC2. The largest absolute Gasteiger partial charge is 0.381 e. The van der Waals surface area contributed by atoms with Crippen LogP contribution in [0.25, 0.3) is 0 Å². The van der Waals surface area contributed by atoms with E-state index in [2.05, 4.69) is 31.5 Å². The van der Waals surface area contributed by atoms with Gasteiger partial charge in [-0.3, -0.25) is 4.79 Å². The van der Waals surface area contributed by atoms with E-state index in [0.717, 1.165) is 28.8 Å². The van der Waals surface area contributed by atoms with E-state index in [4.69, 9.17) is 4.74 Å². The zero-order chi connectivity index (χ0) is 12.6. The molecule has 2 aliphatic rings. The lowest BCUT2D eigenvalue weighted by atomic mass is 9.79. The Morgan fingerprint density at radius 3 is 2.94 bits per heavy atom. The molecule has 2 aliphatic heterocycles. The van der Waals surface area contributed by atoms with Crippen molar-refractivity contribution in [1.82, 2.24) is 4.98 Å². The van der Waals surface area contributed by atoms with Crippen molar-refractivity contribution in [3.05, 3.63) is 16.7 Å². The predicted molar refractivity (Wildman–Crippen MR) is 71.5 cm³/mol. The van der Waals surface area contributed by atoms with Crippen LogP contribution in [0, 0.1) is 5.41 Å². The van der Waals surface area contributed by atoms with E-state index in [1.807, 2.05) is 6.07 Å². The van der Waals surface area contributed by atoms with Crippen LogP contribution in [-0.2, 0) is 9.53 Å². The number of rotatable bonds is 0. The van der Waals surface area contributed by atoms with Crippen LogP contribution in [0.4, 0.5) is 11.5 Å². The smallest absolute Gasteiger partial charge is 0.232 e. The number of hydrogen-bond donors (Lipinski definition) is 2. The molecule has 1 spiro atoms. The van der Waals surface area contributed by atoms with E-state index < -0.39 is 0 Å². The van der Waals surface area contributed by atoms with Crippen molar-refractivity contribution < 1.29 is 9.53 Å². The summed E-state index contributed by atoms with van der Waals surface area (Å²) in [4.78, 5) is 16.7. The fraction of sp³-hybridized carbons (Fsp3) is 0.500. The quantitative estimate of drug-likeness (QED) is 0.769. The molecule has 1 aromatic heterocycles. The van der Waals surface area contributed by atoms with E-state index >= 15 is 0 Å². The van der Waals surface area contributed by atoms with E-state index in [1.54, 1.807) is 6.20 Å². The Labute approximate surface area is 113 Å². The molecular formula is C12H14BrN3O2. The Bertz CT molecular complexity index is 486. The topological polar surface area (TPSA) is 63.2 Å². The van der Waals surface area contributed by atoms with E-state index in [1.165, 1.54) is 0 Å². The summed E-state index contributed by atoms with van der Waals surface area (Å²) in [5.74, 6) is 0.798. The minimum absolute atomic E-state index is 0.0666. The second-order valence-electron chi connectivity index (χ2n) is 4.75. The molecule has 3 rings (SSSR count). The fourth-order valence-electron chi connectivity index (χ4n) is 2.43. The zero-order valence-electron chi connectivity index (χ0n) is 9.83. The molecule has 2 N–H and O–H groups in total. The number of hydrogen-bond acceptors (Lipinski definition) is 4. The van der Waals surface area contributed by atoms with Gasteiger partial charge in [-0.2, -0.15) is 0 Å². The maximum absolute atomic E-state index is 12.4. The van der Waals surface area contributed by atoms with Gasteiger partial charge < -0.3 is 15.4 Å². The average Bonchev–Trinajstić information content (AvgIpc) is 2.50. The van der Waals surface area contributed by atoms with Gasteiger partial charge in [-0.15, -0.1) is 0 Å². The molecule has 0 saturated carbocycles. The van der Waals surface area contributed by atoms with Crippen LogP contribution >= 0.6 is 15.9 Å². The number of nitrogens with one attached hydrogen (secondary N) is 2. The van der Waals surface area contributed by atoms with Crippen molar-refractivity contribution in [2.45, 2.75) is 12.8 Å². The van der Waals surface area contributed by atoms with Gasteiger partial charge in [-0.1, -0.05) is 0 Å². The highest BCUT2D eigenvalue weighted by atomic mass is 79.9. The normalized spacial score (nSPS) is 21.7. The molecular weight excluding hydrogens is 298 g/mol. The van der Waals surface area contributed by atoms with Gasteiger partial charge in [0.1, 0.15) is 5.82 Å². The Hall–Kier alpha value is -1.14. The summed E-state index contributed by atoms with van der Waals surface area (Å²) >= 11 is 3.36. The highest BCUT2D eigenvalue weighted by Crippen LogP contribution is 2.36. The molecule has 96 valence electrons. The van der Waals surface area contributed by atoms with Gasteiger partial charge in [0.25, 0.3) is 0 Å². The summed E-state index contributed by atoms with van der Waals surface area (Å²) in [6, 6.07) is 1.87. The van der Waals surface area contributed by atoms with Crippen LogP contribution in [-0.4, -0.2) is 30.6 Å². The van der Waals surface area contributed by atoms with Crippen molar-refractivity contribution in [1.29, 1.82) is 0 Å². The molecule has 6 heteroatoms. The number of ether oxygens (including phenoxy) is 1. The van der Waals surface area contributed by atoms with E-state index in [0.29, 0.717) is 19.8 Å². The summed E-state index contributed by atoms with van der Waals surface area (Å²) in [7, 11) is 0. The number of halogens is 1. The molecule has 0 atom stereocenters. The Morgan fingerprint density at radius 1 is 1.39 bits per heavy atom. The van der Waals surface area contributed by atoms with Gasteiger partial charge in [-0.05, 0) is 34.8 Å². The molecule has 18 heavy (non-hydrogen) atoms. The number of carbonyl (C=O) groups is 1. The minimum atomic E-state index is -0.370. The molecule has 0 radical (unpaired) electrons. The lowest BCUT2D eigenvalue weighted by Crippen LogP contribution is -2.44. The number of carbonyl (C=O) groups excluding carboxylic acids is 1. The number of anilines is 2. The van der Waals surface area contributed by atoms with Gasteiger partial charge in [0.2, 0.25) is 5.91 Å². The minimum Gasteiger partial charge on any atom is -0.381 e. The van der Waals surface area contributed by atoms with Crippen LogP contribution in [0.1, 0.15) is 12.8 Å². The molecule has 3 heterocycles. The Morgan fingerprint density at radius 2 is 2.17 bits per heavy atom. The highest BCUT2D eigenvalue weighted by Gasteiger charge is 2.41. The number of fused-ring (bicyclic) bond motifs is 1. The first-order chi connectivity index (χ1) is 8.70. The molecule has 0 unspecified atom stereocenters. The molecule has 1 amide bonds. The van der Waals surface area contributed by atoms with Crippen molar-refractivity contribution in [3.63, 3.8) is 0 Å². The molecule has 0 aromatic carbocycles. The Kier molecular flexibility index (Phi) is 2.99. The molecule has 5 nitrogen and oxygen atoms in total. The third kappa shape index (κ3) is 1.99. The lowest BCUT2D eigenvalue weighted by Gasteiger charge is -2.34. The van der Waals surface area contributed by atoms with Gasteiger partial charge in [-0.25, -0.2) is 4.98 Å². The molecule has 0 aliphatic carbocycles. The lowest BCUT2D eigenvalue weighted by molar-refractivity contribution is -0.129. The number of nitrogens with zero attached hydrogens (tertiary/aromatic N) is 1. The highest BCUT2D eigenvalue weighted by molar-refractivity contribution is 9.10. The van der Waals surface area contributed by atoms with Crippen molar-refractivity contribution in [3.8, 4) is 0 Å². The van der Waals surface area contributed by atoms with Crippen LogP contribution in [0.5, 0.6) is 0 Å². The molecule has 1 saturated heterocycles. The average molecular weight is 312 g/mol. The van der Waals surface area contributed by atoms with E-state index in [9.17, 15) is 4.79 Å². The molecule has 1 aromatic rings. The van der Waals surface area contributed by atoms with Crippen LogP contribution in [0.2, 0.25) is 0 Å². The third-order valence-electron chi connectivity index (χ3n) is 3.63. The van der Waals surface area contributed by atoms with Gasteiger partial charge in [0.15, 0.2) is 0 Å². The summed E-state index contributed by atoms with van der Waals surface area (Å²) in [5.41, 5.74) is 0.364. The van der Waals surface area contributed by atoms with Crippen LogP contribution in [0.3, 0.4) is 0 Å². The molecule has 0 bridgehead atoms. The third-order valence-corrected chi connectivity index (χ3v) is 4.06. The first kappa shape index (κ1) is 11.9. The maximum Gasteiger partial charge on any atom is 0.232 e. The van der Waals surface area contributed by atoms with Crippen LogP contribution in [0.15, 0.2) is 16.7 Å². The Balaban J connectivity index is 1.92. The van der Waals surface area contributed by atoms with Crippen molar-refractivity contribution in [2.24, 2.45) is 5.41 Å². The fourth-order valence-corrected chi connectivity index (χ4v) is 2.76. The first-order valence-electron chi connectivity index (χ1n) is 5.98.